The third kappa shape index (κ3) is 6.58. The van der Waals surface area contributed by atoms with Gasteiger partial charge in [0.25, 0.3) is 0 Å². The summed E-state index contributed by atoms with van der Waals surface area (Å²) in [6.45, 7) is 0.906. The normalized spacial score (nSPS) is 13.9. The van der Waals surface area contributed by atoms with Gasteiger partial charge < -0.3 is 21.1 Å². The first-order valence-corrected chi connectivity index (χ1v) is 6.25. The van der Waals surface area contributed by atoms with Crippen molar-refractivity contribution in [2.24, 2.45) is 11.5 Å². The van der Waals surface area contributed by atoms with E-state index >= 15 is 0 Å². The van der Waals surface area contributed by atoms with E-state index < -0.39 is 5.66 Å². The van der Waals surface area contributed by atoms with E-state index in [-0.39, 0.29) is 18.6 Å². The Kier molecular flexibility index (Phi) is 9.26. The molecular formula is C12H23N3O3. The van der Waals surface area contributed by atoms with E-state index in [1.165, 1.54) is 0 Å². The van der Waals surface area contributed by atoms with Crippen LogP contribution < -0.4 is 16.8 Å². The van der Waals surface area contributed by atoms with Gasteiger partial charge in [-0.2, -0.15) is 0 Å². The van der Waals surface area contributed by atoms with Crippen molar-refractivity contribution in [2.75, 3.05) is 13.1 Å². The summed E-state index contributed by atoms with van der Waals surface area (Å²) in [4.78, 5) is 32.6. The van der Waals surface area contributed by atoms with Crippen LogP contribution in [0.5, 0.6) is 0 Å². The minimum absolute atomic E-state index is 0.138. The number of nitrogens with two attached hydrogens (primary N) is 2. The Labute approximate surface area is 107 Å². The second kappa shape index (κ2) is 9.87. The summed E-state index contributed by atoms with van der Waals surface area (Å²) >= 11 is 0. The standard InChI is InChI=1S/C12H23N3O3/c13-7-3-5-11(18)12(14,6-4-10-17)15-8-1-2-9-16/h9-10,15H,1-8,13-14H2. The molecule has 0 aliphatic carbocycles. The van der Waals surface area contributed by atoms with E-state index in [1.54, 1.807) is 0 Å². The SMILES string of the molecule is NCCCC(=O)C(N)(CCC=O)NCCCC=O. The van der Waals surface area contributed by atoms with Crippen LogP contribution in [-0.4, -0.2) is 37.1 Å². The zero-order chi connectivity index (χ0) is 13.9. The highest BCUT2D eigenvalue weighted by molar-refractivity contribution is 5.87. The molecule has 0 aliphatic rings. The van der Waals surface area contributed by atoms with E-state index in [1.807, 2.05) is 0 Å². The molecule has 0 aromatic heterocycles. The highest BCUT2D eigenvalue weighted by atomic mass is 16.1. The lowest BCUT2D eigenvalue weighted by atomic mass is 9.96. The van der Waals surface area contributed by atoms with Crippen LogP contribution in [0.15, 0.2) is 0 Å². The number of ketones is 1. The van der Waals surface area contributed by atoms with E-state index in [0.717, 1.165) is 12.6 Å². The van der Waals surface area contributed by atoms with E-state index in [4.69, 9.17) is 11.5 Å². The van der Waals surface area contributed by atoms with Gasteiger partial charge in [0.2, 0.25) is 0 Å². The van der Waals surface area contributed by atoms with Gasteiger partial charge in [-0.05, 0) is 32.4 Å². The smallest absolute Gasteiger partial charge is 0.167 e. The maximum atomic E-state index is 12.0. The van der Waals surface area contributed by atoms with Gasteiger partial charge in [0.15, 0.2) is 5.78 Å². The molecule has 0 amide bonds. The summed E-state index contributed by atoms with van der Waals surface area (Å²) in [6.07, 6.45) is 3.97. The summed E-state index contributed by atoms with van der Waals surface area (Å²) < 4.78 is 0. The zero-order valence-corrected chi connectivity index (χ0v) is 10.7. The molecule has 0 aromatic rings. The Balaban J connectivity index is 4.34. The molecule has 0 saturated heterocycles. The fourth-order valence-electron chi connectivity index (χ4n) is 1.60. The summed E-state index contributed by atoms with van der Waals surface area (Å²) in [5.74, 6) is -0.138. The number of aldehydes is 2. The van der Waals surface area contributed by atoms with Gasteiger partial charge in [-0.15, -0.1) is 0 Å². The summed E-state index contributed by atoms with van der Waals surface area (Å²) in [7, 11) is 0. The highest BCUT2D eigenvalue weighted by Crippen LogP contribution is 2.11. The van der Waals surface area contributed by atoms with Crippen molar-refractivity contribution < 1.29 is 14.4 Å². The first-order valence-electron chi connectivity index (χ1n) is 6.25. The first-order chi connectivity index (χ1) is 8.60. The van der Waals surface area contributed by atoms with Gasteiger partial charge in [0.1, 0.15) is 18.2 Å². The fraction of sp³-hybridized carbons (Fsp3) is 0.750. The fourth-order valence-corrected chi connectivity index (χ4v) is 1.60. The Bertz CT molecular complexity index is 271. The molecule has 0 bridgehead atoms. The molecule has 6 heteroatoms. The topological polar surface area (TPSA) is 115 Å². The molecular weight excluding hydrogens is 234 g/mol. The highest BCUT2D eigenvalue weighted by Gasteiger charge is 2.31. The average Bonchev–Trinajstić information content (AvgIpc) is 2.38. The maximum absolute atomic E-state index is 12.0. The predicted molar refractivity (Wildman–Crippen MR) is 68.8 cm³/mol. The van der Waals surface area contributed by atoms with Crippen molar-refractivity contribution in [2.45, 2.75) is 44.2 Å². The van der Waals surface area contributed by atoms with E-state index in [2.05, 4.69) is 5.32 Å². The summed E-state index contributed by atoms with van der Waals surface area (Å²) in [5.41, 5.74) is 10.2. The Hall–Kier alpha value is -1.11. The van der Waals surface area contributed by atoms with Gasteiger partial charge in [0.05, 0.1) is 0 Å². The summed E-state index contributed by atoms with van der Waals surface area (Å²) in [6, 6.07) is 0. The Morgan fingerprint density at radius 2 is 1.83 bits per heavy atom. The Morgan fingerprint density at radius 1 is 1.17 bits per heavy atom. The van der Waals surface area contributed by atoms with E-state index in [0.29, 0.717) is 38.8 Å². The number of Topliss-reactive ketones (excluding diaryl/α,β-unsaturated/α-hetero) is 1. The monoisotopic (exact) mass is 257 g/mol. The number of hydrogen-bond acceptors (Lipinski definition) is 6. The molecule has 18 heavy (non-hydrogen) atoms. The number of carbonyl (C=O) groups excluding carboxylic acids is 3. The lowest BCUT2D eigenvalue weighted by Crippen LogP contribution is -2.60. The van der Waals surface area contributed by atoms with Gasteiger partial charge in [-0.3, -0.25) is 10.1 Å². The average molecular weight is 257 g/mol. The van der Waals surface area contributed by atoms with Crippen molar-refractivity contribution in [1.29, 1.82) is 0 Å². The minimum Gasteiger partial charge on any atom is -0.330 e. The van der Waals surface area contributed by atoms with Crippen molar-refractivity contribution in [3.05, 3.63) is 0 Å². The molecule has 0 saturated carbocycles. The van der Waals surface area contributed by atoms with Crippen molar-refractivity contribution >= 4 is 18.4 Å². The van der Waals surface area contributed by atoms with Gasteiger partial charge in [0, 0.05) is 19.3 Å². The lowest BCUT2D eigenvalue weighted by Gasteiger charge is -2.29. The van der Waals surface area contributed by atoms with Crippen LogP contribution in [0.4, 0.5) is 0 Å². The minimum atomic E-state index is -1.18. The Morgan fingerprint density at radius 3 is 2.39 bits per heavy atom. The van der Waals surface area contributed by atoms with Crippen LogP contribution in [-0.2, 0) is 14.4 Å². The maximum Gasteiger partial charge on any atom is 0.167 e. The first kappa shape index (κ1) is 16.9. The quantitative estimate of drug-likeness (QED) is 0.246. The van der Waals surface area contributed by atoms with Gasteiger partial charge in [-0.1, -0.05) is 0 Å². The van der Waals surface area contributed by atoms with E-state index in [9.17, 15) is 14.4 Å². The van der Waals surface area contributed by atoms with Crippen molar-refractivity contribution in [3.8, 4) is 0 Å². The molecule has 1 unspecified atom stereocenters. The second-order valence-corrected chi connectivity index (χ2v) is 4.23. The molecule has 0 aromatic carbocycles. The van der Waals surface area contributed by atoms with Gasteiger partial charge >= 0.3 is 0 Å². The number of rotatable bonds is 12. The molecule has 0 spiro atoms. The van der Waals surface area contributed by atoms with Crippen molar-refractivity contribution in [1.82, 2.24) is 5.32 Å². The molecule has 0 heterocycles. The summed E-state index contributed by atoms with van der Waals surface area (Å²) in [5, 5.41) is 2.94. The second-order valence-electron chi connectivity index (χ2n) is 4.23. The number of hydrogen-bond donors (Lipinski definition) is 3. The van der Waals surface area contributed by atoms with Crippen LogP contribution in [0.1, 0.15) is 38.5 Å². The van der Waals surface area contributed by atoms with Crippen LogP contribution in [0.2, 0.25) is 0 Å². The van der Waals surface area contributed by atoms with Crippen LogP contribution in [0, 0.1) is 0 Å². The molecule has 0 rings (SSSR count). The molecule has 0 radical (unpaired) electrons. The predicted octanol–water partition coefficient (Wildman–Crippen LogP) is -0.503. The third-order valence-electron chi connectivity index (χ3n) is 2.70. The van der Waals surface area contributed by atoms with Crippen LogP contribution in [0.3, 0.4) is 0 Å². The molecule has 0 aliphatic heterocycles. The molecule has 1 atom stereocenters. The number of nitrogens with one attached hydrogen (secondary N) is 1. The zero-order valence-electron chi connectivity index (χ0n) is 10.7. The molecule has 104 valence electrons. The molecule has 0 fully saturated rings. The largest absolute Gasteiger partial charge is 0.330 e. The van der Waals surface area contributed by atoms with Gasteiger partial charge in [-0.25, -0.2) is 0 Å². The lowest BCUT2D eigenvalue weighted by molar-refractivity contribution is -0.126. The number of unbranched alkanes of at least 4 members (excludes halogenated alkanes) is 1. The van der Waals surface area contributed by atoms with Crippen LogP contribution >= 0.6 is 0 Å². The third-order valence-corrected chi connectivity index (χ3v) is 2.70. The number of carbonyl (C=O) groups is 3. The molecule has 5 N–H and O–H groups in total. The molecule has 6 nitrogen and oxygen atoms in total. The van der Waals surface area contributed by atoms with Crippen molar-refractivity contribution in [3.63, 3.8) is 0 Å². The van der Waals surface area contributed by atoms with Crippen LogP contribution in [0.25, 0.3) is 0 Å².